The van der Waals surface area contributed by atoms with Crippen LogP contribution in [0, 0.1) is 18.7 Å². The van der Waals surface area contributed by atoms with E-state index in [1.807, 2.05) is 12.1 Å². The van der Waals surface area contributed by atoms with Crippen LogP contribution in [0.2, 0.25) is 0 Å². The molecule has 29 heavy (non-hydrogen) atoms. The van der Waals surface area contributed by atoms with Crippen LogP contribution >= 0.6 is 11.3 Å². The molecule has 0 bridgehead atoms. The molecule has 2 aliphatic rings. The van der Waals surface area contributed by atoms with Gasteiger partial charge >= 0.3 is 0 Å². The van der Waals surface area contributed by atoms with E-state index in [-0.39, 0.29) is 24.4 Å². The Morgan fingerprint density at radius 2 is 1.93 bits per heavy atom. The van der Waals surface area contributed by atoms with Crippen molar-refractivity contribution in [3.8, 4) is 10.4 Å². The molecular formula is C24H23FO3S. The highest BCUT2D eigenvalue weighted by Gasteiger charge is 2.67. The maximum Gasteiger partial charge on any atom is 0.123 e. The van der Waals surface area contributed by atoms with E-state index in [2.05, 4.69) is 37.3 Å². The molecule has 0 spiro atoms. The lowest BCUT2D eigenvalue weighted by Gasteiger charge is -2.65. The van der Waals surface area contributed by atoms with E-state index >= 15 is 0 Å². The Labute approximate surface area is 173 Å². The van der Waals surface area contributed by atoms with Crippen LogP contribution in [0.3, 0.4) is 0 Å². The SMILES string of the molecule is Cc1ccc([C@]23CC(O)C2C(CO)O3)cc1Cc1ccc(-c2ccc(F)cc2)s1. The molecule has 1 aromatic heterocycles. The van der Waals surface area contributed by atoms with Crippen molar-refractivity contribution in [2.75, 3.05) is 6.61 Å². The number of fused-ring (bicyclic) bond motifs is 1. The van der Waals surface area contributed by atoms with Gasteiger partial charge in [0.2, 0.25) is 0 Å². The molecular weight excluding hydrogens is 387 g/mol. The van der Waals surface area contributed by atoms with E-state index in [0.29, 0.717) is 6.42 Å². The van der Waals surface area contributed by atoms with Crippen LogP contribution in [-0.4, -0.2) is 29.0 Å². The summed E-state index contributed by atoms with van der Waals surface area (Å²) < 4.78 is 19.2. The number of aryl methyl sites for hydroxylation is 1. The van der Waals surface area contributed by atoms with Gasteiger partial charge in [0, 0.05) is 28.5 Å². The van der Waals surface area contributed by atoms with Crippen molar-refractivity contribution in [1.82, 2.24) is 0 Å². The minimum atomic E-state index is -0.440. The quantitative estimate of drug-likeness (QED) is 0.655. The van der Waals surface area contributed by atoms with Crippen molar-refractivity contribution in [2.45, 2.75) is 37.6 Å². The van der Waals surface area contributed by atoms with Crippen molar-refractivity contribution >= 4 is 11.3 Å². The van der Waals surface area contributed by atoms with Crippen LogP contribution in [0.4, 0.5) is 4.39 Å². The van der Waals surface area contributed by atoms with E-state index in [4.69, 9.17) is 4.74 Å². The minimum absolute atomic E-state index is 0.0186. The lowest BCUT2D eigenvalue weighted by Crippen LogP contribution is -2.72. The molecule has 0 radical (unpaired) electrons. The monoisotopic (exact) mass is 410 g/mol. The van der Waals surface area contributed by atoms with Gasteiger partial charge in [0.1, 0.15) is 11.4 Å². The van der Waals surface area contributed by atoms with Crippen molar-refractivity contribution in [3.63, 3.8) is 0 Å². The van der Waals surface area contributed by atoms with Gasteiger partial charge in [0.05, 0.1) is 18.8 Å². The predicted octanol–water partition coefficient (Wildman–Crippen LogP) is 4.42. The van der Waals surface area contributed by atoms with Gasteiger partial charge in [0.15, 0.2) is 0 Å². The Kier molecular flexibility index (Phi) is 4.59. The van der Waals surface area contributed by atoms with Gasteiger partial charge in [-0.1, -0.05) is 30.3 Å². The summed E-state index contributed by atoms with van der Waals surface area (Å²) in [6.45, 7) is 2.06. The summed E-state index contributed by atoms with van der Waals surface area (Å²) >= 11 is 1.72. The van der Waals surface area contributed by atoms with E-state index < -0.39 is 11.7 Å². The van der Waals surface area contributed by atoms with Crippen LogP contribution in [0.5, 0.6) is 0 Å². The molecule has 3 nitrogen and oxygen atoms in total. The van der Waals surface area contributed by atoms with Crippen LogP contribution in [0.1, 0.15) is 28.0 Å². The van der Waals surface area contributed by atoms with Crippen LogP contribution in [0.25, 0.3) is 10.4 Å². The van der Waals surface area contributed by atoms with E-state index in [1.165, 1.54) is 28.1 Å². The van der Waals surface area contributed by atoms with Crippen LogP contribution < -0.4 is 0 Å². The number of benzene rings is 2. The second kappa shape index (κ2) is 7.03. The first-order valence-electron chi connectivity index (χ1n) is 9.91. The molecule has 5 heteroatoms. The van der Waals surface area contributed by atoms with E-state index in [0.717, 1.165) is 22.4 Å². The van der Waals surface area contributed by atoms with E-state index in [1.54, 1.807) is 11.3 Å². The van der Waals surface area contributed by atoms with Crippen molar-refractivity contribution in [2.24, 2.45) is 5.92 Å². The number of aliphatic hydroxyl groups excluding tert-OH is 2. The number of hydrogen-bond acceptors (Lipinski definition) is 4. The highest BCUT2D eigenvalue weighted by Crippen LogP contribution is 2.60. The number of hydrogen-bond donors (Lipinski definition) is 2. The summed E-state index contributed by atoms with van der Waals surface area (Å²) in [6.07, 6.45) is 0.739. The fourth-order valence-electron chi connectivity index (χ4n) is 4.75. The van der Waals surface area contributed by atoms with Crippen LogP contribution in [0.15, 0.2) is 54.6 Å². The van der Waals surface area contributed by atoms with Crippen molar-refractivity contribution < 1.29 is 19.3 Å². The molecule has 3 unspecified atom stereocenters. The lowest BCUT2D eigenvalue weighted by molar-refractivity contribution is -0.368. The Bertz CT molecular complexity index is 1040. The third-order valence-electron chi connectivity index (χ3n) is 6.40. The summed E-state index contributed by atoms with van der Waals surface area (Å²) in [5, 5.41) is 19.6. The third-order valence-corrected chi connectivity index (χ3v) is 7.53. The standard InChI is InChI=1S/C24H23FO3S/c1-14-2-5-17(24-12-20(27)23(24)21(13-26)28-24)10-16(14)11-19-8-9-22(29-19)15-3-6-18(25)7-4-15/h2-10,20-21,23,26-27H,11-13H2,1H3/t20?,21?,23?,24-/m1/s1. The molecule has 3 aromatic rings. The molecule has 1 aliphatic carbocycles. The summed E-state index contributed by atoms with van der Waals surface area (Å²) in [6, 6.07) is 17.2. The maximum absolute atomic E-state index is 13.2. The topological polar surface area (TPSA) is 49.7 Å². The summed E-state index contributed by atoms with van der Waals surface area (Å²) in [4.78, 5) is 2.37. The minimum Gasteiger partial charge on any atom is -0.394 e. The first-order chi connectivity index (χ1) is 14.0. The lowest BCUT2D eigenvalue weighted by atomic mass is 9.56. The molecule has 150 valence electrons. The predicted molar refractivity (Wildman–Crippen MR) is 111 cm³/mol. The zero-order chi connectivity index (χ0) is 20.2. The van der Waals surface area contributed by atoms with Gasteiger partial charge in [-0.05, 0) is 53.4 Å². The first kappa shape index (κ1) is 18.9. The number of ether oxygens (including phenoxy) is 1. The maximum atomic E-state index is 13.2. The van der Waals surface area contributed by atoms with Crippen molar-refractivity contribution in [1.29, 1.82) is 0 Å². The second-order valence-corrected chi connectivity index (χ2v) is 9.28. The Balaban J connectivity index is 1.39. The fourth-order valence-corrected chi connectivity index (χ4v) is 5.79. The molecule has 1 saturated heterocycles. The summed E-state index contributed by atoms with van der Waals surface area (Å²) in [5.41, 5.74) is 4.13. The third kappa shape index (κ3) is 3.04. The normalized spacial score (nSPS) is 27.8. The fraction of sp³-hybridized carbons (Fsp3) is 0.333. The van der Waals surface area contributed by atoms with Crippen LogP contribution in [-0.2, 0) is 16.8 Å². The highest BCUT2D eigenvalue weighted by atomic mass is 32.1. The number of rotatable bonds is 5. The van der Waals surface area contributed by atoms with Gasteiger partial charge in [-0.15, -0.1) is 11.3 Å². The van der Waals surface area contributed by atoms with Gasteiger partial charge < -0.3 is 14.9 Å². The molecule has 2 N–H and O–H groups in total. The average Bonchev–Trinajstić information content (AvgIpc) is 3.15. The average molecular weight is 411 g/mol. The number of halogens is 1. The zero-order valence-electron chi connectivity index (χ0n) is 16.1. The summed E-state index contributed by atoms with van der Waals surface area (Å²) in [7, 11) is 0. The second-order valence-electron chi connectivity index (χ2n) is 8.12. The molecule has 5 rings (SSSR count). The molecule has 2 heterocycles. The largest absolute Gasteiger partial charge is 0.394 e. The Morgan fingerprint density at radius 3 is 2.66 bits per heavy atom. The molecule has 4 atom stereocenters. The van der Waals surface area contributed by atoms with Gasteiger partial charge in [-0.25, -0.2) is 4.39 Å². The molecule has 1 saturated carbocycles. The van der Waals surface area contributed by atoms with Gasteiger partial charge in [-0.3, -0.25) is 0 Å². The number of aliphatic hydroxyl groups is 2. The molecule has 1 aliphatic heterocycles. The van der Waals surface area contributed by atoms with E-state index in [9.17, 15) is 14.6 Å². The van der Waals surface area contributed by atoms with Crippen molar-refractivity contribution in [3.05, 3.63) is 82.0 Å². The smallest absolute Gasteiger partial charge is 0.123 e. The Morgan fingerprint density at radius 1 is 1.14 bits per heavy atom. The van der Waals surface area contributed by atoms with Gasteiger partial charge in [0.25, 0.3) is 0 Å². The summed E-state index contributed by atoms with van der Waals surface area (Å²) in [5.74, 6) is -0.242. The van der Waals surface area contributed by atoms with Gasteiger partial charge in [-0.2, -0.15) is 0 Å². The highest BCUT2D eigenvalue weighted by molar-refractivity contribution is 7.15. The molecule has 2 fully saturated rings. The number of thiophene rings is 1. The zero-order valence-corrected chi connectivity index (χ0v) is 17.0. The molecule has 2 aromatic carbocycles. The molecule has 0 amide bonds. The Hall–Kier alpha value is -2.05. The first-order valence-corrected chi connectivity index (χ1v) is 10.7.